The molecule has 0 aromatic heterocycles. The van der Waals surface area contributed by atoms with Crippen molar-refractivity contribution in [2.45, 2.75) is 31.7 Å². The third kappa shape index (κ3) is 3.82. The van der Waals surface area contributed by atoms with Crippen molar-refractivity contribution >= 4 is 11.9 Å². The van der Waals surface area contributed by atoms with Crippen molar-refractivity contribution in [2.75, 3.05) is 6.54 Å². The summed E-state index contributed by atoms with van der Waals surface area (Å²) < 4.78 is 0. The normalized spacial score (nSPS) is 17.0. The molecular formula is C20H21NO3. The second kappa shape index (κ2) is 7.30. The highest BCUT2D eigenvalue weighted by atomic mass is 16.4. The summed E-state index contributed by atoms with van der Waals surface area (Å²) in [6, 6.07) is 17.1. The van der Waals surface area contributed by atoms with Crippen LogP contribution in [0.1, 0.15) is 34.3 Å². The molecule has 3 rings (SSSR count). The van der Waals surface area contributed by atoms with Gasteiger partial charge in [0.15, 0.2) is 0 Å². The third-order valence-electron chi connectivity index (χ3n) is 4.54. The molecular weight excluding hydrogens is 302 g/mol. The number of hydrogen-bond donors (Lipinski definition) is 1. The van der Waals surface area contributed by atoms with Gasteiger partial charge in [-0.25, -0.2) is 4.79 Å². The van der Waals surface area contributed by atoms with Crippen molar-refractivity contribution in [1.82, 2.24) is 4.90 Å². The zero-order valence-electron chi connectivity index (χ0n) is 13.5. The van der Waals surface area contributed by atoms with Gasteiger partial charge in [0.1, 0.15) is 0 Å². The van der Waals surface area contributed by atoms with E-state index in [9.17, 15) is 9.59 Å². The zero-order valence-corrected chi connectivity index (χ0v) is 13.5. The van der Waals surface area contributed by atoms with Crippen LogP contribution in [0, 0.1) is 0 Å². The minimum Gasteiger partial charge on any atom is -0.478 e. The van der Waals surface area contributed by atoms with E-state index in [1.54, 1.807) is 18.2 Å². The Balaban J connectivity index is 1.67. The summed E-state index contributed by atoms with van der Waals surface area (Å²) >= 11 is 0. The number of likely N-dealkylation sites (tertiary alicyclic amines) is 1. The van der Waals surface area contributed by atoms with Crippen LogP contribution >= 0.6 is 0 Å². The van der Waals surface area contributed by atoms with Crippen molar-refractivity contribution in [3.63, 3.8) is 0 Å². The molecule has 1 saturated heterocycles. The van der Waals surface area contributed by atoms with E-state index in [0.29, 0.717) is 0 Å². The molecule has 0 radical (unpaired) electrons. The van der Waals surface area contributed by atoms with Crippen molar-refractivity contribution in [2.24, 2.45) is 0 Å². The van der Waals surface area contributed by atoms with E-state index < -0.39 is 5.97 Å². The maximum atomic E-state index is 12.7. The fourth-order valence-electron chi connectivity index (χ4n) is 3.35. The SMILES string of the molecule is O=C(O)c1cccc(CC(=O)N2CCCC2Cc2ccccc2)c1. The molecule has 2 aromatic carbocycles. The summed E-state index contributed by atoms with van der Waals surface area (Å²) in [6.07, 6.45) is 3.18. The molecule has 2 aromatic rings. The summed E-state index contributed by atoms with van der Waals surface area (Å²) in [6.45, 7) is 0.787. The molecule has 1 aliphatic heterocycles. The number of carboxylic acids is 1. The van der Waals surface area contributed by atoms with Gasteiger partial charge in [-0.1, -0.05) is 42.5 Å². The predicted octanol–water partition coefficient (Wildman–Crippen LogP) is 3.16. The minimum absolute atomic E-state index is 0.0796. The lowest BCUT2D eigenvalue weighted by Gasteiger charge is -2.25. The molecule has 1 heterocycles. The average Bonchev–Trinajstić information content (AvgIpc) is 3.04. The summed E-state index contributed by atoms with van der Waals surface area (Å²) in [5, 5.41) is 9.07. The van der Waals surface area contributed by atoms with Gasteiger partial charge in [-0.15, -0.1) is 0 Å². The Bertz CT molecular complexity index is 727. The second-order valence-electron chi connectivity index (χ2n) is 6.26. The van der Waals surface area contributed by atoms with E-state index in [2.05, 4.69) is 12.1 Å². The number of amides is 1. The molecule has 4 nitrogen and oxygen atoms in total. The summed E-state index contributed by atoms with van der Waals surface area (Å²) in [4.78, 5) is 25.7. The molecule has 4 heteroatoms. The highest BCUT2D eigenvalue weighted by Crippen LogP contribution is 2.22. The number of carbonyl (C=O) groups excluding carboxylic acids is 1. The molecule has 0 bridgehead atoms. The average molecular weight is 323 g/mol. The van der Waals surface area contributed by atoms with E-state index in [0.717, 1.165) is 31.4 Å². The van der Waals surface area contributed by atoms with Crippen LogP contribution in [0.4, 0.5) is 0 Å². The molecule has 24 heavy (non-hydrogen) atoms. The van der Waals surface area contributed by atoms with E-state index in [1.165, 1.54) is 5.56 Å². The van der Waals surface area contributed by atoms with Crippen LogP contribution in [0.3, 0.4) is 0 Å². The Hall–Kier alpha value is -2.62. The van der Waals surface area contributed by atoms with Gasteiger partial charge in [0.25, 0.3) is 0 Å². The molecule has 0 saturated carbocycles. The number of rotatable bonds is 5. The standard InChI is InChI=1S/C20H21NO3/c22-19(14-16-8-4-9-17(12-16)20(23)24)21-11-5-10-18(21)13-15-6-2-1-3-7-15/h1-4,6-9,12,18H,5,10-11,13-14H2,(H,23,24). The van der Waals surface area contributed by atoms with Crippen molar-refractivity contribution < 1.29 is 14.7 Å². The number of benzene rings is 2. The van der Waals surface area contributed by atoms with Crippen LogP contribution in [-0.4, -0.2) is 34.5 Å². The van der Waals surface area contributed by atoms with E-state index in [-0.39, 0.29) is 23.9 Å². The van der Waals surface area contributed by atoms with Crippen LogP contribution in [0.2, 0.25) is 0 Å². The smallest absolute Gasteiger partial charge is 0.335 e. The van der Waals surface area contributed by atoms with Crippen LogP contribution in [-0.2, 0) is 17.6 Å². The second-order valence-corrected chi connectivity index (χ2v) is 6.26. The van der Waals surface area contributed by atoms with Crippen LogP contribution in [0.5, 0.6) is 0 Å². The molecule has 0 aliphatic carbocycles. The molecule has 1 fully saturated rings. The molecule has 0 spiro atoms. The van der Waals surface area contributed by atoms with Gasteiger partial charge in [0.2, 0.25) is 5.91 Å². The lowest BCUT2D eigenvalue weighted by molar-refractivity contribution is -0.131. The predicted molar refractivity (Wildman–Crippen MR) is 92.0 cm³/mol. The molecule has 1 amide bonds. The zero-order chi connectivity index (χ0) is 16.9. The number of carboxylic acid groups (broad SMARTS) is 1. The Morgan fingerprint density at radius 2 is 1.79 bits per heavy atom. The number of carbonyl (C=O) groups is 2. The number of nitrogens with zero attached hydrogens (tertiary/aromatic N) is 1. The Morgan fingerprint density at radius 3 is 2.54 bits per heavy atom. The summed E-state index contributed by atoms with van der Waals surface area (Å²) in [5.41, 5.74) is 2.22. The minimum atomic E-state index is -0.965. The highest BCUT2D eigenvalue weighted by Gasteiger charge is 2.28. The molecule has 1 aliphatic rings. The third-order valence-corrected chi connectivity index (χ3v) is 4.54. The van der Waals surface area contributed by atoms with Crippen LogP contribution < -0.4 is 0 Å². The van der Waals surface area contributed by atoms with Crippen molar-refractivity contribution in [1.29, 1.82) is 0 Å². The van der Waals surface area contributed by atoms with E-state index in [1.807, 2.05) is 29.2 Å². The van der Waals surface area contributed by atoms with Crippen LogP contribution in [0.15, 0.2) is 54.6 Å². The quantitative estimate of drug-likeness (QED) is 0.919. The largest absolute Gasteiger partial charge is 0.478 e. The Morgan fingerprint density at radius 1 is 1.04 bits per heavy atom. The van der Waals surface area contributed by atoms with Gasteiger partial charge in [0, 0.05) is 12.6 Å². The van der Waals surface area contributed by atoms with Crippen molar-refractivity contribution in [3.8, 4) is 0 Å². The topological polar surface area (TPSA) is 57.6 Å². The first-order valence-corrected chi connectivity index (χ1v) is 8.29. The van der Waals surface area contributed by atoms with E-state index in [4.69, 9.17) is 5.11 Å². The first-order valence-electron chi connectivity index (χ1n) is 8.29. The fraction of sp³-hybridized carbons (Fsp3) is 0.300. The molecule has 1 N–H and O–H groups in total. The maximum absolute atomic E-state index is 12.7. The monoisotopic (exact) mass is 323 g/mol. The lowest BCUT2D eigenvalue weighted by Crippen LogP contribution is -2.37. The first-order chi connectivity index (χ1) is 11.6. The summed E-state index contributed by atoms with van der Waals surface area (Å²) in [7, 11) is 0. The fourth-order valence-corrected chi connectivity index (χ4v) is 3.35. The lowest BCUT2D eigenvalue weighted by atomic mass is 10.0. The summed E-state index contributed by atoms with van der Waals surface area (Å²) in [5.74, 6) is -0.886. The maximum Gasteiger partial charge on any atom is 0.335 e. The van der Waals surface area contributed by atoms with Gasteiger partial charge in [-0.2, -0.15) is 0 Å². The van der Waals surface area contributed by atoms with Crippen molar-refractivity contribution in [3.05, 3.63) is 71.3 Å². The van der Waals surface area contributed by atoms with Gasteiger partial charge in [-0.3, -0.25) is 4.79 Å². The van der Waals surface area contributed by atoms with E-state index >= 15 is 0 Å². The number of aromatic carboxylic acids is 1. The van der Waals surface area contributed by atoms with Gasteiger partial charge >= 0.3 is 5.97 Å². The van der Waals surface area contributed by atoms with Gasteiger partial charge < -0.3 is 10.0 Å². The highest BCUT2D eigenvalue weighted by molar-refractivity contribution is 5.88. The van der Waals surface area contributed by atoms with Crippen LogP contribution in [0.25, 0.3) is 0 Å². The molecule has 1 atom stereocenters. The first kappa shape index (κ1) is 16.2. The Kier molecular flexibility index (Phi) is 4.94. The van der Waals surface area contributed by atoms with Gasteiger partial charge in [-0.05, 0) is 42.5 Å². The Labute approximate surface area is 141 Å². The number of hydrogen-bond acceptors (Lipinski definition) is 2. The van der Waals surface area contributed by atoms with Gasteiger partial charge in [0.05, 0.1) is 12.0 Å². The molecule has 1 unspecified atom stereocenters. The molecule has 124 valence electrons.